The van der Waals surface area contributed by atoms with Crippen LogP contribution in [0.2, 0.25) is 0 Å². The first kappa shape index (κ1) is 23.1. The summed E-state index contributed by atoms with van der Waals surface area (Å²) in [5.74, 6) is 1.78. The number of ether oxygens (including phenoxy) is 5. The minimum Gasteiger partial charge on any atom is -0.462 e. The first-order valence-electron chi connectivity index (χ1n) is 13.4. The third-order valence-electron chi connectivity index (χ3n) is 8.47. The Labute approximate surface area is 193 Å². The van der Waals surface area contributed by atoms with Gasteiger partial charge in [0.1, 0.15) is 12.2 Å². The number of hydrogen-bond donors (Lipinski definition) is 0. The summed E-state index contributed by atoms with van der Waals surface area (Å²) in [7, 11) is 0. The summed E-state index contributed by atoms with van der Waals surface area (Å²) < 4.78 is 28.3. The van der Waals surface area contributed by atoms with Crippen LogP contribution in [0.3, 0.4) is 0 Å². The minimum atomic E-state index is 0.0450. The summed E-state index contributed by atoms with van der Waals surface area (Å²) in [6.45, 7) is 3.32. The molecule has 3 aliphatic carbocycles. The summed E-state index contributed by atoms with van der Waals surface area (Å²) in [6.07, 6.45) is 16.4. The SMILES string of the molecule is O=C(OC1CCC(C2CCC(OCCCCOCC3CO3)CC2)CC1)C1CCC2OC2C1. The molecule has 0 N–H and O–H groups in total. The van der Waals surface area contributed by atoms with Crippen molar-refractivity contribution in [2.45, 2.75) is 114 Å². The lowest BCUT2D eigenvalue weighted by molar-refractivity contribution is -0.157. The molecule has 5 aliphatic rings. The average molecular weight is 451 g/mol. The van der Waals surface area contributed by atoms with Gasteiger partial charge in [-0.15, -0.1) is 0 Å². The fourth-order valence-electron chi connectivity index (χ4n) is 6.22. The van der Waals surface area contributed by atoms with Gasteiger partial charge in [-0.1, -0.05) is 0 Å². The predicted molar refractivity (Wildman–Crippen MR) is 119 cm³/mol. The smallest absolute Gasteiger partial charge is 0.309 e. The lowest BCUT2D eigenvalue weighted by Gasteiger charge is -2.37. The van der Waals surface area contributed by atoms with Crippen molar-refractivity contribution in [3.63, 3.8) is 0 Å². The number of hydrogen-bond acceptors (Lipinski definition) is 6. The standard InChI is InChI=1S/C26H42O6/c27-26(20-7-12-24-25(15-20)32-24)31-22-10-5-19(6-11-22)18-3-8-21(9-4-18)29-14-2-1-13-28-16-23-17-30-23/h18-25H,1-17H2. The van der Waals surface area contributed by atoms with Crippen LogP contribution in [0.5, 0.6) is 0 Å². The largest absolute Gasteiger partial charge is 0.462 e. The van der Waals surface area contributed by atoms with Gasteiger partial charge in [0.05, 0.1) is 37.4 Å². The number of carbonyl (C=O) groups is 1. The molecule has 2 saturated heterocycles. The van der Waals surface area contributed by atoms with Gasteiger partial charge < -0.3 is 23.7 Å². The molecular weight excluding hydrogens is 408 g/mol. The molecule has 4 atom stereocenters. The van der Waals surface area contributed by atoms with Crippen LogP contribution >= 0.6 is 0 Å². The van der Waals surface area contributed by atoms with E-state index in [2.05, 4.69) is 0 Å². The van der Waals surface area contributed by atoms with Crippen LogP contribution in [0.1, 0.15) is 83.5 Å². The van der Waals surface area contributed by atoms with E-state index in [0.717, 1.165) is 83.2 Å². The van der Waals surface area contributed by atoms with Gasteiger partial charge in [0.25, 0.3) is 0 Å². The first-order valence-corrected chi connectivity index (χ1v) is 13.4. The predicted octanol–water partition coefficient (Wildman–Crippen LogP) is 4.43. The van der Waals surface area contributed by atoms with Crippen molar-refractivity contribution in [2.75, 3.05) is 26.4 Å². The molecule has 6 heteroatoms. The van der Waals surface area contributed by atoms with Gasteiger partial charge in [-0.25, -0.2) is 0 Å². The van der Waals surface area contributed by atoms with Crippen molar-refractivity contribution in [1.82, 2.24) is 0 Å². The number of unbranched alkanes of at least 4 members (excludes halogenated alkanes) is 1. The van der Waals surface area contributed by atoms with E-state index in [1.54, 1.807) is 0 Å². The van der Waals surface area contributed by atoms with Crippen LogP contribution in [-0.4, -0.2) is 62.9 Å². The molecule has 3 saturated carbocycles. The second-order valence-electron chi connectivity index (χ2n) is 10.8. The molecule has 0 aromatic heterocycles. The van der Waals surface area contributed by atoms with Gasteiger partial charge in [-0.3, -0.25) is 4.79 Å². The fraction of sp³-hybridized carbons (Fsp3) is 0.962. The highest BCUT2D eigenvalue weighted by molar-refractivity contribution is 5.73. The zero-order valence-electron chi connectivity index (χ0n) is 19.6. The van der Waals surface area contributed by atoms with Crippen molar-refractivity contribution in [3.05, 3.63) is 0 Å². The van der Waals surface area contributed by atoms with E-state index in [-0.39, 0.29) is 18.0 Å². The summed E-state index contributed by atoms with van der Waals surface area (Å²) in [5.41, 5.74) is 0. The average Bonchev–Trinajstić information content (AvgIpc) is 3.74. The number of esters is 1. The third kappa shape index (κ3) is 6.68. The molecule has 6 nitrogen and oxygen atoms in total. The van der Waals surface area contributed by atoms with Crippen LogP contribution in [0.15, 0.2) is 0 Å². The highest BCUT2D eigenvalue weighted by atomic mass is 16.6. The summed E-state index contributed by atoms with van der Waals surface area (Å²) >= 11 is 0. The molecule has 4 unspecified atom stereocenters. The van der Waals surface area contributed by atoms with Gasteiger partial charge in [-0.05, 0) is 95.3 Å². The van der Waals surface area contributed by atoms with Gasteiger partial charge in [0, 0.05) is 13.2 Å². The highest BCUT2D eigenvalue weighted by Crippen LogP contribution is 2.42. The van der Waals surface area contributed by atoms with Gasteiger partial charge in [-0.2, -0.15) is 0 Å². The molecule has 32 heavy (non-hydrogen) atoms. The highest BCUT2D eigenvalue weighted by Gasteiger charge is 2.46. The Morgan fingerprint density at radius 1 is 0.781 bits per heavy atom. The Hall–Kier alpha value is -0.690. The second-order valence-corrected chi connectivity index (χ2v) is 10.8. The number of epoxide rings is 2. The molecule has 0 bridgehead atoms. The van der Waals surface area contributed by atoms with Crippen LogP contribution in [0.4, 0.5) is 0 Å². The molecular formula is C26H42O6. The van der Waals surface area contributed by atoms with Crippen LogP contribution < -0.4 is 0 Å². The number of carbonyl (C=O) groups excluding carboxylic acids is 1. The maximum absolute atomic E-state index is 12.5. The van der Waals surface area contributed by atoms with Crippen LogP contribution in [0.25, 0.3) is 0 Å². The second kappa shape index (κ2) is 11.2. The monoisotopic (exact) mass is 450 g/mol. The van der Waals surface area contributed by atoms with Crippen molar-refractivity contribution in [1.29, 1.82) is 0 Å². The molecule has 0 aromatic rings. The lowest BCUT2D eigenvalue weighted by Crippen LogP contribution is -2.33. The third-order valence-corrected chi connectivity index (χ3v) is 8.47. The van der Waals surface area contributed by atoms with Crippen molar-refractivity contribution in [2.24, 2.45) is 17.8 Å². The van der Waals surface area contributed by atoms with Crippen molar-refractivity contribution in [3.8, 4) is 0 Å². The van der Waals surface area contributed by atoms with Crippen LogP contribution in [0, 0.1) is 17.8 Å². The van der Waals surface area contributed by atoms with Gasteiger partial charge >= 0.3 is 5.97 Å². The van der Waals surface area contributed by atoms with Gasteiger partial charge in [0.15, 0.2) is 0 Å². The van der Waals surface area contributed by atoms with E-state index >= 15 is 0 Å². The Bertz CT molecular complexity index is 591. The van der Waals surface area contributed by atoms with E-state index in [4.69, 9.17) is 23.7 Å². The molecule has 0 amide bonds. The topological polar surface area (TPSA) is 69.8 Å². The quantitative estimate of drug-likeness (QED) is 0.264. The van der Waals surface area contributed by atoms with Crippen molar-refractivity contribution >= 4 is 5.97 Å². The van der Waals surface area contributed by atoms with E-state index in [9.17, 15) is 4.79 Å². The molecule has 182 valence electrons. The molecule has 0 spiro atoms. The maximum atomic E-state index is 12.5. The summed E-state index contributed by atoms with van der Waals surface area (Å²) in [4.78, 5) is 12.5. The Kier molecular flexibility index (Phi) is 8.04. The minimum absolute atomic E-state index is 0.0450. The van der Waals surface area contributed by atoms with E-state index in [1.807, 2.05) is 0 Å². The Morgan fingerprint density at radius 3 is 2.16 bits per heavy atom. The zero-order valence-corrected chi connectivity index (χ0v) is 19.6. The Morgan fingerprint density at radius 2 is 1.47 bits per heavy atom. The Balaban J connectivity index is 0.902. The van der Waals surface area contributed by atoms with Gasteiger partial charge in [0.2, 0.25) is 0 Å². The normalized spacial score (nSPS) is 41.0. The lowest BCUT2D eigenvalue weighted by atomic mass is 9.72. The zero-order chi connectivity index (χ0) is 21.8. The maximum Gasteiger partial charge on any atom is 0.309 e. The molecule has 0 aromatic carbocycles. The van der Waals surface area contributed by atoms with E-state index in [1.165, 1.54) is 38.5 Å². The molecule has 0 radical (unpaired) electrons. The summed E-state index contributed by atoms with van der Waals surface area (Å²) in [6, 6.07) is 0. The molecule has 2 aliphatic heterocycles. The molecule has 5 rings (SSSR count). The fourth-order valence-corrected chi connectivity index (χ4v) is 6.22. The molecule has 2 heterocycles. The van der Waals surface area contributed by atoms with Crippen LogP contribution in [-0.2, 0) is 28.5 Å². The van der Waals surface area contributed by atoms with E-state index < -0.39 is 0 Å². The summed E-state index contributed by atoms with van der Waals surface area (Å²) in [5, 5.41) is 0. The number of fused-ring (bicyclic) bond motifs is 1. The van der Waals surface area contributed by atoms with E-state index in [0.29, 0.717) is 24.4 Å². The first-order chi connectivity index (χ1) is 15.7. The number of rotatable bonds is 11. The molecule has 5 fully saturated rings. The van der Waals surface area contributed by atoms with Crippen molar-refractivity contribution < 1.29 is 28.5 Å².